The molecule has 22 nitrogen and oxygen atoms in total. The average Bonchev–Trinajstić information content (AvgIpc) is 3.08. The van der Waals surface area contributed by atoms with Crippen LogP contribution < -0.4 is 33.6 Å². The van der Waals surface area contributed by atoms with Gasteiger partial charge in [0.15, 0.2) is 11.9 Å². The monoisotopic (exact) mass is 814 g/mol. The zero-order chi connectivity index (χ0) is 41.0. The van der Waals surface area contributed by atoms with E-state index in [1.54, 1.807) is 0 Å². The third-order valence-corrected chi connectivity index (χ3v) is 11.5. The molecule has 2 aliphatic rings. The first-order chi connectivity index (χ1) is 25.2. The van der Waals surface area contributed by atoms with Crippen LogP contribution in [0, 0.1) is 0 Å². The van der Waals surface area contributed by atoms with Gasteiger partial charge >= 0.3 is 11.9 Å². The van der Waals surface area contributed by atoms with Gasteiger partial charge in [0, 0.05) is 26.7 Å². The summed E-state index contributed by atoms with van der Waals surface area (Å²) in [5.41, 5.74) is 22.4. The third-order valence-electron chi connectivity index (χ3n) is 8.71. The molecule has 310 valence electrons. The second-order valence-electron chi connectivity index (χ2n) is 13.0. The summed E-state index contributed by atoms with van der Waals surface area (Å²) in [6.07, 6.45) is -8.98. The van der Waals surface area contributed by atoms with Gasteiger partial charge in [0.2, 0.25) is 21.7 Å². The highest BCUT2D eigenvalue weighted by Gasteiger charge is 2.57. The number of aliphatic carboxylic acids is 2. The highest BCUT2D eigenvalue weighted by atomic mass is 32.2. The summed E-state index contributed by atoms with van der Waals surface area (Å²) in [5.74, 6) is -4.44. The van der Waals surface area contributed by atoms with Crippen LogP contribution in [0.2, 0.25) is 0 Å². The van der Waals surface area contributed by atoms with E-state index in [1.807, 2.05) is 0 Å². The number of hydrogen-bond donors (Lipinski definition) is 14. The number of hydrogen-bond acceptors (Lipinski definition) is 16. The van der Waals surface area contributed by atoms with Gasteiger partial charge in [-0.15, -0.1) is 23.5 Å². The lowest BCUT2D eigenvalue weighted by Gasteiger charge is -2.47. The number of ether oxygens (including phenoxy) is 2. The Morgan fingerprint density at radius 2 is 1.02 bits per heavy atom. The molecular weight excluding hydrogens is 761 g/mol. The first kappa shape index (κ1) is 47.0. The SMILES string of the molecule is CC(=O)N[C@H]1[C@H]([C@H](O)[C@H](O)CO)OC(SCCCCCCSC2(C(=O)O)C[C@H](N=C(N)N)[C@@H](NC(C)=O)[C@H]([C@H](O)[C@H](O)CO)O2)(C(=O)O)C[C@@H]1N=C(N)N. The van der Waals surface area contributed by atoms with Crippen LogP contribution in [0.4, 0.5) is 0 Å². The van der Waals surface area contributed by atoms with E-state index < -0.39 is 120 Å². The molecule has 2 saturated heterocycles. The van der Waals surface area contributed by atoms with Crippen LogP contribution >= 0.6 is 23.5 Å². The van der Waals surface area contributed by atoms with Gasteiger partial charge in [-0.25, -0.2) is 19.6 Å². The summed E-state index contributed by atoms with van der Waals surface area (Å²) in [5, 5.41) is 86.5. The van der Waals surface area contributed by atoms with Crippen LogP contribution in [0.25, 0.3) is 0 Å². The quantitative estimate of drug-likeness (QED) is 0.0293. The molecule has 0 aromatic heterocycles. The van der Waals surface area contributed by atoms with Gasteiger partial charge in [0.1, 0.15) is 36.6 Å². The van der Waals surface area contributed by atoms with Gasteiger partial charge in [-0.2, -0.15) is 0 Å². The maximum atomic E-state index is 12.7. The smallest absolute Gasteiger partial charge is 0.346 e. The minimum absolute atomic E-state index is 0.212. The largest absolute Gasteiger partial charge is 0.478 e. The molecule has 2 heterocycles. The van der Waals surface area contributed by atoms with Gasteiger partial charge in [0.05, 0.1) is 37.4 Å². The molecule has 54 heavy (non-hydrogen) atoms. The summed E-state index contributed by atoms with van der Waals surface area (Å²) in [4.78, 5) is 53.4. The molecule has 0 aromatic rings. The number of thioether (sulfide) groups is 2. The van der Waals surface area contributed by atoms with Gasteiger partial charge in [-0.05, 0) is 24.3 Å². The maximum absolute atomic E-state index is 12.7. The lowest BCUT2D eigenvalue weighted by molar-refractivity contribution is -0.191. The lowest BCUT2D eigenvalue weighted by Crippen LogP contribution is -2.66. The molecule has 0 spiro atoms. The fourth-order valence-electron chi connectivity index (χ4n) is 6.22. The number of nitrogens with one attached hydrogen (secondary N) is 2. The summed E-state index contributed by atoms with van der Waals surface area (Å²) in [6, 6.07) is -4.54. The van der Waals surface area contributed by atoms with Crippen molar-refractivity contribution in [3.8, 4) is 0 Å². The molecule has 24 heteroatoms. The second kappa shape index (κ2) is 21.2. The van der Waals surface area contributed by atoms with E-state index in [0.29, 0.717) is 25.7 Å². The molecule has 18 N–H and O–H groups in total. The number of nitrogens with two attached hydrogens (primary N) is 4. The van der Waals surface area contributed by atoms with Crippen molar-refractivity contribution in [3.63, 3.8) is 0 Å². The molecule has 2 unspecified atom stereocenters. The number of unbranched alkanes of at least 4 members (excludes halogenated alkanes) is 3. The predicted octanol–water partition coefficient (Wildman–Crippen LogP) is -5.13. The van der Waals surface area contributed by atoms with Crippen molar-refractivity contribution in [1.82, 2.24) is 10.6 Å². The Kier molecular flexibility index (Phi) is 18.4. The van der Waals surface area contributed by atoms with Gasteiger partial charge in [-0.1, -0.05) is 12.8 Å². The van der Waals surface area contributed by atoms with E-state index >= 15 is 0 Å². The molecule has 0 bridgehead atoms. The topological polar surface area (TPSA) is 401 Å². The van der Waals surface area contributed by atoms with Crippen molar-refractivity contribution in [1.29, 1.82) is 0 Å². The maximum Gasteiger partial charge on any atom is 0.346 e. The van der Waals surface area contributed by atoms with E-state index in [1.165, 1.54) is 13.8 Å². The van der Waals surface area contributed by atoms with E-state index in [4.69, 9.17) is 32.4 Å². The number of aliphatic hydroxyl groups excluding tert-OH is 6. The first-order valence-electron chi connectivity index (χ1n) is 17.0. The van der Waals surface area contributed by atoms with Crippen LogP contribution in [0.1, 0.15) is 52.4 Å². The Balaban J connectivity index is 2.15. The van der Waals surface area contributed by atoms with Crippen molar-refractivity contribution in [2.45, 2.75) is 123 Å². The lowest BCUT2D eigenvalue weighted by atomic mass is 9.88. The molecule has 2 amide bonds. The molecule has 0 aliphatic carbocycles. The standard InChI is InChI=1S/C30H54N8O14S2/c1-13(41)35-19-15(37-27(31)32)9-29(25(47)48,51-23(19)21(45)17(43)11-39)53-7-5-3-4-6-8-54-30(26(49)50)10-16(38-28(33)34)20(36-14(2)42)24(52-30)22(46)18(44)12-40/h15-24,39-40,43-46H,3-12H2,1-2H3,(H,35,41)(H,36,42)(H,47,48)(H,49,50)(H4,31,32,37)(H4,33,34,38)/t15-,16-,17+,18+,19+,20+,21+,22+,23+,24+,29?,30?/m0/s1. The highest BCUT2D eigenvalue weighted by molar-refractivity contribution is 8.01. The van der Waals surface area contributed by atoms with Crippen LogP contribution in [0.5, 0.6) is 0 Å². The number of carboxylic acids is 2. The van der Waals surface area contributed by atoms with Crippen molar-refractivity contribution in [3.05, 3.63) is 0 Å². The van der Waals surface area contributed by atoms with E-state index in [9.17, 15) is 60.0 Å². The van der Waals surface area contributed by atoms with Crippen LogP contribution in [0.15, 0.2) is 9.98 Å². The van der Waals surface area contributed by atoms with Crippen molar-refractivity contribution in [2.24, 2.45) is 32.9 Å². The fourth-order valence-corrected chi connectivity index (χ4v) is 8.76. The summed E-state index contributed by atoms with van der Waals surface area (Å²) < 4.78 is 11.8. The molecular formula is C30H54N8O14S2. The first-order valence-corrected chi connectivity index (χ1v) is 19.0. The number of carbonyl (C=O) groups excluding carboxylic acids is 2. The number of rotatable bonds is 21. The summed E-state index contributed by atoms with van der Waals surface area (Å²) in [7, 11) is 0. The van der Waals surface area contributed by atoms with Crippen LogP contribution in [-0.2, 0) is 28.7 Å². The normalized spacial score (nSPS) is 30.5. The van der Waals surface area contributed by atoms with E-state index in [2.05, 4.69) is 20.6 Å². The number of amides is 2. The van der Waals surface area contributed by atoms with Crippen LogP contribution in [-0.4, -0.2) is 172 Å². The Morgan fingerprint density at radius 3 is 1.28 bits per heavy atom. The molecule has 2 rings (SSSR count). The fraction of sp³-hybridized carbons (Fsp3) is 0.800. The minimum atomic E-state index is -2.03. The minimum Gasteiger partial charge on any atom is -0.478 e. The molecule has 2 aliphatic heterocycles. The Morgan fingerprint density at radius 1 is 0.685 bits per heavy atom. The molecule has 0 radical (unpaired) electrons. The molecule has 2 fully saturated rings. The van der Waals surface area contributed by atoms with Crippen molar-refractivity contribution < 1.29 is 69.5 Å². The number of guanidine groups is 2. The highest BCUT2D eigenvalue weighted by Crippen LogP contribution is 2.43. The second-order valence-corrected chi connectivity index (χ2v) is 15.7. The van der Waals surface area contributed by atoms with Gasteiger partial charge in [-0.3, -0.25) is 9.59 Å². The predicted molar refractivity (Wildman–Crippen MR) is 196 cm³/mol. The number of aliphatic hydroxyl groups is 6. The van der Waals surface area contributed by atoms with E-state index in [-0.39, 0.29) is 24.3 Å². The Hall–Kier alpha value is -3.20. The van der Waals surface area contributed by atoms with Crippen molar-refractivity contribution in [2.75, 3.05) is 24.7 Å². The number of nitrogens with zero attached hydrogens (tertiary/aromatic N) is 2. The van der Waals surface area contributed by atoms with E-state index in [0.717, 1.165) is 23.5 Å². The summed E-state index contributed by atoms with van der Waals surface area (Å²) >= 11 is 1.77. The number of aliphatic imine (C=N–C) groups is 2. The zero-order valence-corrected chi connectivity index (χ0v) is 31.5. The Bertz CT molecular complexity index is 1250. The average molecular weight is 815 g/mol. The van der Waals surface area contributed by atoms with Gasteiger partial charge in [0.25, 0.3) is 0 Å². The molecule has 0 aromatic carbocycles. The molecule has 0 saturated carbocycles. The Labute approximate surface area is 319 Å². The van der Waals surface area contributed by atoms with Crippen molar-refractivity contribution >= 4 is 59.2 Å². The van der Waals surface area contributed by atoms with Gasteiger partial charge < -0.3 is 83.9 Å². The third kappa shape index (κ3) is 12.7. The number of carboxylic acid groups (broad SMARTS) is 2. The zero-order valence-electron chi connectivity index (χ0n) is 29.9. The molecule has 12 atom stereocenters. The summed E-state index contributed by atoms with van der Waals surface area (Å²) in [6.45, 7) is 0.561. The van der Waals surface area contributed by atoms with Crippen LogP contribution in [0.3, 0.4) is 0 Å². The number of carbonyl (C=O) groups is 4.